The summed E-state index contributed by atoms with van der Waals surface area (Å²) in [5.74, 6) is 0. The molecule has 0 saturated carbocycles. The van der Waals surface area contributed by atoms with Crippen LogP contribution in [0.1, 0.15) is 37.9 Å². The van der Waals surface area contributed by atoms with Crippen molar-refractivity contribution >= 4 is 22.5 Å². The maximum absolute atomic E-state index is 6.25. The largest absolute Gasteiger partial charge is 0.295 e. The standard InChI is InChI=1S/C19H23ClN4/c1-19(2,3)17-10-15(22-23-17)12-24(4)11-14-9-8-13-6-5-7-16(20)18(13)21-14/h5-10H,11-12H2,1-4H3,(H,22,23). The summed E-state index contributed by atoms with van der Waals surface area (Å²) in [6.07, 6.45) is 0. The van der Waals surface area contributed by atoms with Crippen LogP contribution in [0.2, 0.25) is 5.02 Å². The molecule has 5 heteroatoms. The van der Waals surface area contributed by atoms with Crippen LogP contribution in [0.4, 0.5) is 0 Å². The van der Waals surface area contributed by atoms with Crippen molar-refractivity contribution in [2.24, 2.45) is 0 Å². The molecule has 0 bridgehead atoms. The molecular weight excluding hydrogens is 320 g/mol. The maximum Gasteiger partial charge on any atom is 0.0891 e. The zero-order valence-electron chi connectivity index (χ0n) is 14.6. The van der Waals surface area contributed by atoms with Crippen LogP contribution in [0.5, 0.6) is 0 Å². The average Bonchev–Trinajstić information content (AvgIpc) is 2.96. The molecule has 0 saturated heterocycles. The summed E-state index contributed by atoms with van der Waals surface area (Å²) >= 11 is 6.25. The van der Waals surface area contributed by atoms with E-state index >= 15 is 0 Å². The number of nitrogens with one attached hydrogen (secondary N) is 1. The van der Waals surface area contributed by atoms with Crippen LogP contribution in [0.3, 0.4) is 0 Å². The van der Waals surface area contributed by atoms with E-state index in [-0.39, 0.29) is 5.41 Å². The van der Waals surface area contributed by atoms with E-state index in [0.717, 1.165) is 41.1 Å². The van der Waals surface area contributed by atoms with Gasteiger partial charge in [-0.3, -0.25) is 10.00 Å². The van der Waals surface area contributed by atoms with Gasteiger partial charge in [0.05, 0.1) is 21.9 Å². The molecule has 0 amide bonds. The molecular formula is C19H23ClN4. The number of halogens is 1. The Morgan fingerprint density at radius 2 is 1.92 bits per heavy atom. The van der Waals surface area contributed by atoms with Crippen molar-refractivity contribution in [3.05, 3.63) is 58.5 Å². The van der Waals surface area contributed by atoms with E-state index in [1.807, 2.05) is 18.2 Å². The molecule has 0 aliphatic carbocycles. The number of hydrogen-bond acceptors (Lipinski definition) is 3. The number of fused-ring (bicyclic) bond motifs is 1. The third-order valence-corrected chi connectivity index (χ3v) is 4.31. The molecule has 0 fully saturated rings. The second-order valence-corrected chi connectivity index (χ2v) is 7.72. The number of aromatic nitrogens is 3. The summed E-state index contributed by atoms with van der Waals surface area (Å²) < 4.78 is 0. The summed E-state index contributed by atoms with van der Waals surface area (Å²) in [5, 5.41) is 9.31. The molecule has 0 spiro atoms. The predicted octanol–water partition coefficient (Wildman–Crippen LogP) is 4.54. The Balaban J connectivity index is 1.72. The van der Waals surface area contributed by atoms with E-state index in [9.17, 15) is 0 Å². The highest BCUT2D eigenvalue weighted by atomic mass is 35.5. The van der Waals surface area contributed by atoms with Crippen LogP contribution in [-0.4, -0.2) is 27.1 Å². The second kappa shape index (κ2) is 6.54. The van der Waals surface area contributed by atoms with Gasteiger partial charge in [-0.15, -0.1) is 0 Å². The Bertz CT molecular complexity index is 848. The van der Waals surface area contributed by atoms with Gasteiger partial charge in [-0.2, -0.15) is 5.10 Å². The van der Waals surface area contributed by atoms with Gasteiger partial charge in [0.15, 0.2) is 0 Å². The fourth-order valence-electron chi connectivity index (χ4n) is 2.69. The number of nitrogens with zero attached hydrogens (tertiary/aromatic N) is 3. The van der Waals surface area contributed by atoms with Crippen LogP contribution in [-0.2, 0) is 18.5 Å². The first-order valence-corrected chi connectivity index (χ1v) is 8.48. The van der Waals surface area contributed by atoms with Crippen molar-refractivity contribution in [1.29, 1.82) is 0 Å². The molecule has 0 unspecified atom stereocenters. The van der Waals surface area contributed by atoms with Crippen LogP contribution in [0.25, 0.3) is 10.9 Å². The van der Waals surface area contributed by atoms with Gasteiger partial charge in [-0.25, -0.2) is 4.98 Å². The van der Waals surface area contributed by atoms with E-state index in [4.69, 9.17) is 16.6 Å². The normalized spacial score (nSPS) is 12.2. The number of rotatable bonds is 4. The Morgan fingerprint density at radius 3 is 2.62 bits per heavy atom. The Morgan fingerprint density at radius 1 is 1.12 bits per heavy atom. The lowest BCUT2D eigenvalue weighted by molar-refractivity contribution is 0.311. The number of hydrogen-bond donors (Lipinski definition) is 1. The molecule has 1 N–H and O–H groups in total. The van der Waals surface area contributed by atoms with Crippen molar-refractivity contribution in [2.45, 2.75) is 39.3 Å². The van der Waals surface area contributed by atoms with Gasteiger partial charge in [-0.1, -0.05) is 50.6 Å². The Kier molecular flexibility index (Phi) is 4.61. The zero-order chi connectivity index (χ0) is 17.3. The van der Waals surface area contributed by atoms with E-state index in [1.54, 1.807) is 0 Å². The van der Waals surface area contributed by atoms with Gasteiger partial charge >= 0.3 is 0 Å². The molecule has 1 aromatic carbocycles. The van der Waals surface area contributed by atoms with Crippen molar-refractivity contribution < 1.29 is 0 Å². The molecule has 3 aromatic rings. The predicted molar refractivity (Wildman–Crippen MR) is 99.2 cm³/mol. The van der Waals surface area contributed by atoms with E-state index < -0.39 is 0 Å². The molecule has 24 heavy (non-hydrogen) atoms. The third-order valence-electron chi connectivity index (χ3n) is 4.00. The van der Waals surface area contributed by atoms with Gasteiger partial charge in [0.25, 0.3) is 0 Å². The van der Waals surface area contributed by atoms with E-state index in [1.165, 1.54) is 0 Å². The van der Waals surface area contributed by atoms with Gasteiger partial charge in [-0.05, 0) is 25.2 Å². The van der Waals surface area contributed by atoms with Crippen molar-refractivity contribution in [1.82, 2.24) is 20.1 Å². The molecule has 0 atom stereocenters. The second-order valence-electron chi connectivity index (χ2n) is 7.31. The van der Waals surface area contributed by atoms with Gasteiger partial charge in [0.2, 0.25) is 0 Å². The lowest BCUT2D eigenvalue weighted by Crippen LogP contribution is -2.18. The first kappa shape index (κ1) is 16.9. The third kappa shape index (κ3) is 3.77. The fraction of sp³-hybridized carbons (Fsp3) is 0.368. The molecule has 2 aromatic heterocycles. The number of pyridine rings is 1. The average molecular weight is 343 g/mol. The van der Waals surface area contributed by atoms with Gasteiger partial charge < -0.3 is 0 Å². The van der Waals surface area contributed by atoms with Crippen molar-refractivity contribution in [3.8, 4) is 0 Å². The van der Waals surface area contributed by atoms with Crippen molar-refractivity contribution in [2.75, 3.05) is 7.05 Å². The Hall–Kier alpha value is -1.91. The van der Waals surface area contributed by atoms with Crippen molar-refractivity contribution in [3.63, 3.8) is 0 Å². The molecule has 126 valence electrons. The summed E-state index contributed by atoms with van der Waals surface area (Å²) in [6.45, 7) is 8.05. The molecule has 0 aliphatic heterocycles. The first-order chi connectivity index (χ1) is 11.3. The van der Waals surface area contributed by atoms with Gasteiger partial charge in [0, 0.05) is 29.6 Å². The highest BCUT2D eigenvalue weighted by Gasteiger charge is 2.17. The van der Waals surface area contributed by atoms with Crippen LogP contribution in [0, 0.1) is 0 Å². The van der Waals surface area contributed by atoms with Crippen LogP contribution >= 0.6 is 11.6 Å². The molecule has 2 heterocycles. The lowest BCUT2D eigenvalue weighted by Gasteiger charge is -2.16. The molecule has 0 radical (unpaired) electrons. The molecule has 3 rings (SSSR count). The quantitative estimate of drug-likeness (QED) is 0.757. The minimum absolute atomic E-state index is 0.0595. The number of H-pyrrole nitrogens is 1. The van der Waals surface area contributed by atoms with Crippen LogP contribution in [0.15, 0.2) is 36.4 Å². The zero-order valence-corrected chi connectivity index (χ0v) is 15.4. The minimum atomic E-state index is 0.0595. The smallest absolute Gasteiger partial charge is 0.0891 e. The highest BCUT2D eigenvalue weighted by Crippen LogP contribution is 2.23. The maximum atomic E-state index is 6.25. The minimum Gasteiger partial charge on any atom is -0.295 e. The highest BCUT2D eigenvalue weighted by molar-refractivity contribution is 6.35. The monoisotopic (exact) mass is 342 g/mol. The topological polar surface area (TPSA) is 44.8 Å². The number of para-hydroxylation sites is 1. The van der Waals surface area contributed by atoms with Gasteiger partial charge in [0.1, 0.15) is 0 Å². The fourth-order valence-corrected chi connectivity index (χ4v) is 2.91. The van der Waals surface area contributed by atoms with E-state index in [2.05, 4.69) is 61.1 Å². The summed E-state index contributed by atoms with van der Waals surface area (Å²) in [7, 11) is 2.08. The van der Waals surface area contributed by atoms with E-state index in [0.29, 0.717) is 5.02 Å². The number of benzene rings is 1. The SMILES string of the molecule is CN(Cc1ccc2cccc(Cl)c2n1)Cc1cc(C(C)(C)C)n[nH]1. The summed E-state index contributed by atoms with van der Waals surface area (Å²) in [5.41, 5.74) is 4.13. The summed E-state index contributed by atoms with van der Waals surface area (Å²) in [4.78, 5) is 6.91. The van der Waals surface area contributed by atoms with Crippen LogP contribution < -0.4 is 0 Å². The summed E-state index contributed by atoms with van der Waals surface area (Å²) in [6, 6.07) is 12.1. The molecule has 0 aliphatic rings. The first-order valence-electron chi connectivity index (χ1n) is 8.10. The number of aromatic amines is 1. The lowest BCUT2D eigenvalue weighted by atomic mass is 9.92. The Labute approximate surface area is 147 Å². The molecule has 4 nitrogen and oxygen atoms in total.